The van der Waals surface area contributed by atoms with Gasteiger partial charge in [-0.25, -0.2) is 9.97 Å². The predicted octanol–water partition coefficient (Wildman–Crippen LogP) is 0.795. The second kappa shape index (κ2) is 4.85. The van der Waals surface area contributed by atoms with Crippen LogP contribution < -0.4 is 4.90 Å². The van der Waals surface area contributed by atoms with Crippen molar-refractivity contribution >= 4 is 29.3 Å². The molecule has 1 aromatic rings. The van der Waals surface area contributed by atoms with Crippen LogP contribution in [0.4, 0.5) is 10.2 Å². The fourth-order valence-corrected chi connectivity index (χ4v) is 1.89. The third kappa shape index (κ3) is 2.13. The second-order valence-corrected chi connectivity index (χ2v) is 4.09. The number of nitrogens with zero attached hydrogens (tertiary/aromatic N) is 3. The van der Waals surface area contributed by atoms with Crippen LogP contribution in [-0.4, -0.2) is 35.5 Å². The molecular weight excluding hydrogens is 265 g/mol. The van der Waals surface area contributed by atoms with Gasteiger partial charge < -0.3 is 4.74 Å². The molecule has 0 spiro atoms. The van der Waals surface area contributed by atoms with Gasteiger partial charge in [0, 0.05) is 13.0 Å². The van der Waals surface area contributed by atoms with E-state index < -0.39 is 23.6 Å². The van der Waals surface area contributed by atoms with E-state index in [0.717, 1.165) is 11.2 Å². The molecule has 1 unspecified atom stereocenters. The van der Waals surface area contributed by atoms with Gasteiger partial charge in [0.05, 0.1) is 13.0 Å². The van der Waals surface area contributed by atoms with Crippen LogP contribution in [0.5, 0.6) is 0 Å². The molecule has 0 aliphatic carbocycles. The van der Waals surface area contributed by atoms with E-state index in [1.165, 1.54) is 7.11 Å². The van der Waals surface area contributed by atoms with Crippen LogP contribution in [0.3, 0.4) is 0 Å². The summed E-state index contributed by atoms with van der Waals surface area (Å²) in [6.45, 7) is 0.0236. The van der Waals surface area contributed by atoms with Crippen molar-refractivity contribution in [2.45, 2.75) is 6.42 Å². The molecule has 18 heavy (non-hydrogen) atoms. The fraction of sp³-hybridized carbons (Fsp3) is 0.400. The number of hydrogen-bond donors (Lipinski definition) is 0. The van der Waals surface area contributed by atoms with Gasteiger partial charge in [-0.1, -0.05) is 11.6 Å². The van der Waals surface area contributed by atoms with Crippen molar-refractivity contribution in [1.29, 1.82) is 0 Å². The average molecular weight is 274 g/mol. The van der Waals surface area contributed by atoms with Gasteiger partial charge in [0.2, 0.25) is 11.7 Å². The number of carbonyl (C=O) groups is 2. The van der Waals surface area contributed by atoms with Crippen molar-refractivity contribution in [1.82, 2.24) is 9.97 Å². The largest absolute Gasteiger partial charge is 0.469 e. The lowest BCUT2D eigenvalue weighted by molar-refractivity contribution is -0.145. The van der Waals surface area contributed by atoms with Gasteiger partial charge in [-0.3, -0.25) is 14.5 Å². The van der Waals surface area contributed by atoms with Gasteiger partial charge >= 0.3 is 5.97 Å². The zero-order valence-electron chi connectivity index (χ0n) is 9.39. The third-order valence-electron chi connectivity index (χ3n) is 2.64. The minimum absolute atomic E-state index is 0.0236. The molecule has 1 aliphatic heterocycles. The van der Waals surface area contributed by atoms with Crippen LogP contribution in [0, 0.1) is 11.7 Å². The minimum atomic E-state index is -0.877. The molecule has 0 N–H and O–H groups in total. The van der Waals surface area contributed by atoms with E-state index in [0.29, 0.717) is 0 Å². The highest BCUT2D eigenvalue weighted by atomic mass is 35.5. The molecule has 2 heterocycles. The summed E-state index contributed by atoms with van der Waals surface area (Å²) in [6, 6.07) is 0. The Bertz CT molecular complexity index is 511. The van der Waals surface area contributed by atoms with Crippen LogP contribution in [0.1, 0.15) is 6.42 Å². The lowest BCUT2D eigenvalue weighted by Crippen LogP contribution is -2.28. The van der Waals surface area contributed by atoms with Crippen molar-refractivity contribution in [2.24, 2.45) is 5.92 Å². The smallest absolute Gasteiger partial charge is 0.311 e. The van der Waals surface area contributed by atoms with E-state index in [9.17, 15) is 14.0 Å². The molecule has 6 nitrogen and oxygen atoms in total. The molecule has 8 heteroatoms. The first kappa shape index (κ1) is 12.7. The highest BCUT2D eigenvalue weighted by Gasteiger charge is 2.37. The molecule has 1 aliphatic rings. The second-order valence-electron chi connectivity index (χ2n) is 3.73. The van der Waals surface area contributed by atoms with E-state index in [1.54, 1.807) is 0 Å². The number of hydrogen-bond acceptors (Lipinski definition) is 5. The summed E-state index contributed by atoms with van der Waals surface area (Å²) < 4.78 is 18.2. The standard InChI is InChI=1S/C10H9ClFN3O3/c1-18-10(17)5-2-6(16)15(3-5)9-7(12)8(11)13-4-14-9/h4-5H,2-3H2,1H3. The van der Waals surface area contributed by atoms with E-state index in [-0.39, 0.29) is 23.9 Å². The maximum Gasteiger partial charge on any atom is 0.311 e. The zero-order valence-corrected chi connectivity index (χ0v) is 10.1. The van der Waals surface area contributed by atoms with Gasteiger partial charge in [0.15, 0.2) is 11.0 Å². The molecule has 1 aromatic heterocycles. The highest BCUT2D eigenvalue weighted by Crippen LogP contribution is 2.28. The van der Waals surface area contributed by atoms with Crippen LogP contribution in [-0.2, 0) is 14.3 Å². The summed E-state index contributed by atoms with van der Waals surface area (Å²) in [4.78, 5) is 31.3. The van der Waals surface area contributed by atoms with Crippen molar-refractivity contribution in [3.63, 3.8) is 0 Å². The molecule has 0 radical (unpaired) electrons. The Hall–Kier alpha value is -1.76. The summed E-state index contributed by atoms with van der Waals surface area (Å²) in [5, 5.41) is -0.366. The molecule has 0 bridgehead atoms. The molecule has 1 saturated heterocycles. The lowest BCUT2D eigenvalue weighted by Gasteiger charge is -2.15. The first-order valence-electron chi connectivity index (χ1n) is 5.08. The fourth-order valence-electron chi connectivity index (χ4n) is 1.76. The Balaban J connectivity index is 2.27. The summed E-state index contributed by atoms with van der Waals surface area (Å²) in [6.07, 6.45) is 1.02. The Labute approximate surface area is 107 Å². The van der Waals surface area contributed by atoms with Crippen LogP contribution in [0.2, 0.25) is 5.15 Å². The molecule has 2 rings (SSSR count). The van der Waals surface area contributed by atoms with Crippen molar-refractivity contribution < 1.29 is 18.7 Å². The topological polar surface area (TPSA) is 72.4 Å². The van der Waals surface area contributed by atoms with Crippen LogP contribution in [0.15, 0.2) is 6.33 Å². The van der Waals surface area contributed by atoms with Crippen molar-refractivity contribution in [2.75, 3.05) is 18.6 Å². The quantitative estimate of drug-likeness (QED) is 0.588. The van der Waals surface area contributed by atoms with Gasteiger partial charge in [-0.05, 0) is 0 Å². The number of ether oxygens (including phenoxy) is 1. The SMILES string of the molecule is COC(=O)C1CC(=O)N(c2ncnc(Cl)c2F)C1. The summed E-state index contributed by atoms with van der Waals surface area (Å²) >= 11 is 5.51. The Morgan fingerprint density at radius 3 is 3.00 bits per heavy atom. The maximum atomic E-state index is 13.7. The summed E-state index contributed by atoms with van der Waals surface area (Å²) in [7, 11) is 1.23. The van der Waals surface area contributed by atoms with E-state index >= 15 is 0 Å². The Morgan fingerprint density at radius 1 is 1.61 bits per heavy atom. The average Bonchev–Trinajstić information content (AvgIpc) is 2.74. The predicted molar refractivity (Wildman–Crippen MR) is 59.5 cm³/mol. The highest BCUT2D eigenvalue weighted by molar-refractivity contribution is 6.29. The Morgan fingerprint density at radius 2 is 2.33 bits per heavy atom. The van der Waals surface area contributed by atoms with E-state index in [2.05, 4.69) is 14.7 Å². The number of aromatic nitrogens is 2. The molecule has 0 saturated carbocycles. The zero-order chi connectivity index (χ0) is 13.3. The molecule has 1 atom stereocenters. The van der Waals surface area contributed by atoms with Gasteiger partial charge in [-0.15, -0.1) is 0 Å². The number of methoxy groups -OCH3 is 1. The first-order chi connectivity index (χ1) is 8.54. The number of halogens is 2. The minimum Gasteiger partial charge on any atom is -0.469 e. The van der Waals surface area contributed by atoms with Crippen LogP contribution >= 0.6 is 11.6 Å². The number of amides is 1. The number of rotatable bonds is 2. The normalized spacial score (nSPS) is 19.2. The van der Waals surface area contributed by atoms with Crippen LogP contribution in [0.25, 0.3) is 0 Å². The van der Waals surface area contributed by atoms with Crippen molar-refractivity contribution in [3.05, 3.63) is 17.3 Å². The summed E-state index contributed by atoms with van der Waals surface area (Å²) in [5.41, 5.74) is 0. The Kier molecular flexibility index (Phi) is 3.42. The molecular formula is C10H9ClFN3O3. The number of carbonyl (C=O) groups excluding carboxylic acids is 2. The van der Waals surface area contributed by atoms with Crippen molar-refractivity contribution in [3.8, 4) is 0 Å². The number of anilines is 1. The monoisotopic (exact) mass is 273 g/mol. The van der Waals surface area contributed by atoms with E-state index in [4.69, 9.17) is 11.6 Å². The molecule has 0 aromatic carbocycles. The number of esters is 1. The maximum absolute atomic E-state index is 13.7. The van der Waals surface area contributed by atoms with Gasteiger partial charge in [-0.2, -0.15) is 4.39 Å². The molecule has 1 fully saturated rings. The lowest BCUT2D eigenvalue weighted by atomic mass is 10.1. The van der Waals surface area contributed by atoms with Gasteiger partial charge in [0.1, 0.15) is 6.33 Å². The first-order valence-corrected chi connectivity index (χ1v) is 5.46. The van der Waals surface area contributed by atoms with E-state index in [1.807, 2.05) is 0 Å². The molecule has 96 valence electrons. The summed E-state index contributed by atoms with van der Waals surface area (Å²) in [5.74, 6) is -2.62. The molecule has 1 amide bonds. The third-order valence-corrected chi connectivity index (χ3v) is 2.91. The van der Waals surface area contributed by atoms with Gasteiger partial charge in [0.25, 0.3) is 0 Å².